The predicted octanol–water partition coefficient (Wildman–Crippen LogP) is 3.14. The summed E-state index contributed by atoms with van der Waals surface area (Å²) in [6, 6.07) is 4.05. The van der Waals surface area contributed by atoms with Crippen molar-refractivity contribution in [1.29, 1.82) is 0 Å². The number of nitro benzene ring substituents is 1. The highest BCUT2D eigenvalue weighted by Gasteiger charge is 2.21. The molecule has 6 heteroatoms. The summed E-state index contributed by atoms with van der Waals surface area (Å²) in [5, 5.41) is 23.0. The second kappa shape index (κ2) is 6.72. The lowest BCUT2D eigenvalue weighted by molar-refractivity contribution is -0.384. The average molecular weight is 266 g/mol. The van der Waals surface area contributed by atoms with E-state index in [-0.39, 0.29) is 16.9 Å². The molecule has 0 aliphatic heterocycles. The zero-order valence-electron chi connectivity index (χ0n) is 11.0. The van der Waals surface area contributed by atoms with Crippen LogP contribution >= 0.6 is 0 Å². The minimum absolute atomic E-state index is 0.0693. The maximum Gasteiger partial charge on any atom is 0.338 e. The van der Waals surface area contributed by atoms with E-state index < -0.39 is 10.9 Å². The van der Waals surface area contributed by atoms with Gasteiger partial charge >= 0.3 is 5.97 Å². The molecular weight excluding hydrogens is 248 g/mol. The van der Waals surface area contributed by atoms with Gasteiger partial charge in [0, 0.05) is 12.6 Å². The molecule has 1 aromatic rings. The Morgan fingerprint density at radius 1 is 1.42 bits per heavy atom. The van der Waals surface area contributed by atoms with Crippen molar-refractivity contribution in [3.05, 3.63) is 33.9 Å². The van der Waals surface area contributed by atoms with Crippen LogP contribution in [0.2, 0.25) is 0 Å². The number of nitrogens with zero attached hydrogens (tertiary/aromatic N) is 1. The molecule has 0 aliphatic carbocycles. The van der Waals surface area contributed by atoms with Gasteiger partial charge in [-0.3, -0.25) is 10.1 Å². The predicted molar refractivity (Wildman–Crippen MR) is 72.6 cm³/mol. The number of hydrogen-bond donors (Lipinski definition) is 2. The van der Waals surface area contributed by atoms with Gasteiger partial charge < -0.3 is 10.4 Å². The van der Waals surface area contributed by atoms with Gasteiger partial charge in [0.1, 0.15) is 5.69 Å². The number of carboxylic acids is 1. The van der Waals surface area contributed by atoms with E-state index in [0.717, 1.165) is 12.8 Å². The van der Waals surface area contributed by atoms with E-state index in [9.17, 15) is 14.9 Å². The number of aromatic carboxylic acids is 1. The van der Waals surface area contributed by atoms with Gasteiger partial charge in [0.15, 0.2) is 0 Å². The first-order valence-corrected chi connectivity index (χ1v) is 6.25. The van der Waals surface area contributed by atoms with Gasteiger partial charge in [-0.1, -0.05) is 32.8 Å². The van der Waals surface area contributed by atoms with E-state index in [4.69, 9.17) is 5.11 Å². The molecule has 19 heavy (non-hydrogen) atoms. The fourth-order valence-corrected chi connectivity index (χ4v) is 1.88. The monoisotopic (exact) mass is 266 g/mol. The first-order chi connectivity index (χ1) is 9.01. The quantitative estimate of drug-likeness (QED) is 0.584. The van der Waals surface area contributed by atoms with E-state index in [1.807, 2.05) is 13.8 Å². The van der Waals surface area contributed by atoms with Gasteiger partial charge in [-0.2, -0.15) is 0 Å². The van der Waals surface area contributed by atoms with Crippen LogP contribution in [0.1, 0.15) is 37.0 Å². The van der Waals surface area contributed by atoms with E-state index >= 15 is 0 Å². The molecule has 0 saturated carbocycles. The molecule has 0 saturated heterocycles. The Labute approximate surface area is 111 Å². The molecule has 0 bridgehead atoms. The molecular formula is C13H18N2O4. The molecule has 2 N–H and O–H groups in total. The fraction of sp³-hybridized carbons (Fsp3) is 0.462. The summed E-state index contributed by atoms with van der Waals surface area (Å²) in [6.07, 6.45) is 1.87. The summed E-state index contributed by atoms with van der Waals surface area (Å²) in [5.74, 6) is -0.808. The summed E-state index contributed by atoms with van der Waals surface area (Å²) in [6.45, 7) is 4.60. The number of carbonyl (C=O) groups is 1. The van der Waals surface area contributed by atoms with Crippen molar-refractivity contribution in [1.82, 2.24) is 0 Å². The van der Waals surface area contributed by atoms with Gasteiger partial charge in [0.2, 0.25) is 0 Å². The van der Waals surface area contributed by atoms with Crippen LogP contribution in [0.3, 0.4) is 0 Å². The van der Waals surface area contributed by atoms with Gasteiger partial charge in [-0.05, 0) is 12.0 Å². The average Bonchev–Trinajstić information content (AvgIpc) is 2.39. The smallest absolute Gasteiger partial charge is 0.338 e. The fourth-order valence-electron chi connectivity index (χ4n) is 1.88. The van der Waals surface area contributed by atoms with Crippen molar-refractivity contribution in [3.8, 4) is 0 Å². The zero-order chi connectivity index (χ0) is 14.4. The molecule has 1 aromatic carbocycles. The standard InChI is InChI=1S/C13H18N2O4/c1-3-9(4-2)8-14-12-10(13(16)17)6-5-7-11(12)15(18)19/h5-7,9,14H,3-4,8H2,1-2H3,(H,16,17). The van der Waals surface area contributed by atoms with Crippen LogP contribution in [0.5, 0.6) is 0 Å². The van der Waals surface area contributed by atoms with E-state index in [2.05, 4.69) is 5.32 Å². The molecule has 0 atom stereocenters. The van der Waals surface area contributed by atoms with Crippen LogP contribution < -0.4 is 5.32 Å². The lowest BCUT2D eigenvalue weighted by Gasteiger charge is -2.15. The van der Waals surface area contributed by atoms with Crippen LogP contribution in [0.25, 0.3) is 0 Å². The largest absolute Gasteiger partial charge is 0.478 e. The van der Waals surface area contributed by atoms with Crippen LogP contribution in [0, 0.1) is 16.0 Å². The summed E-state index contributed by atoms with van der Waals surface area (Å²) < 4.78 is 0. The Morgan fingerprint density at radius 3 is 2.53 bits per heavy atom. The van der Waals surface area contributed by atoms with Crippen molar-refractivity contribution < 1.29 is 14.8 Å². The van der Waals surface area contributed by atoms with Crippen LogP contribution in [-0.2, 0) is 0 Å². The highest BCUT2D eigenvalue weighted by Crippen LogP contribution is 2.28. The molecule has 0 heterocycles. The minimum Gasteiger partial charge on any atom is -0.478 e. The minimum atomic E-state index is -1.17. The van der Waals surface area contributed by atoms with Crippen molar-refractivity contribution in [2.45, 2.75) is 26.7 Å². The molecule has 104 valence electrons. The Morgan fingerprint density at radius 2 is 2.05 bits per heavy atom. The topological polar surface area (TPSA) is 92.5 Å². The maximum atomic E-state index is 11.1. The number of hydrogen-bond acceptors (Lipinski definition) is 4. The number of benzene rings is 1. The Balaban J connectivity index is 3.07. The zero-order valence-corrected chi connectivity index (χ0v) is 11.0. The third kappa shape index (κ3) is 3.67. The molecule has 0 unspecified atom stereocenters. The second-order valence-electron chi connectivity index (χ2n) is 4.33. The summed E-state index contributed by atoms with van der Waals surface area (Å²) in [5.41, 5.74) is -0.182. The number of nitro groups is 1. The van der Waals surface area contributed by atoms with E-state index in [0.29, 0.717) is 12.5 Å². The third-order valence-electron chi connectivity index (χ3n) is 3.19. The number of para-hydroxylation sites is 1. The Hall–Kier alpha value is -2.11. The number of carboxylic acid groups (broad SMARTS) is 1. The molecule has 0 fully saturated rings. The van der Waals surface area contributed by atoms with E-state index in [1.165, 1.54) is 18.2 Å². The Bertz CT molecular complexity index is 437. The Kier molecular flexibility index (Phi) is 5.29. The van der Waals surface area contributed by atoms with Crippen LogP contribution in [0.4, 0.5) is 11.4 Å². The lowest BCUT2D eigenvalue weighted by atomic mass is 10.0. The number of anilines is 1. The molecule has 0 radical (unpaired) electrons. The van der Waals surface area contributed by atoms with Gasteiger partial charge in [0.25, 0.3) is 5.69 Å². The first kappa shape index (κ1) is 14.9. The summed E-state index contributed by atoms with van der Waals surface area (Å²) in [7, 11) is 0. The molecule has 0 amide bonds. The van der Waals surface area contributed by atoms with Crippen LogP contribution in [0.15, 0.2) is 18.2 Å². The molecule has 1 rings (SSSR count). The molecule has 0 aromatic heterocycles. The lowest BCUT2D eigenvalue weighted by Crippen LogP contribution is -2.16. The van der Waals surface area contributed by atoms with Gasteiger partial charge in [-0.15, -0.1) is 0 Å². The molecule has 6 nitrogen and oxygen atoms in total. The van der Waals surface area contributed by atoms with Crippen molar-refractivity contribution in [3.63, 3.8) is 0 Å². The summed E-state index contributed by atoms with van der Waals surface area (Å²) in [4.78, 5) is 21.5. The van der Waals surface area contributed by atoms with E-state index in [1.54, 1.807) is 0 Å². The molecule has 0 spiro atoms. The van der Waals surface area contributed by atoms with Crippen molar-refractivity contribution in [2.24, 2.45) is 5.92 Å². The number of rotatable bonds is 7. The normalized spacial score (nSPS) is 10.5. The highest BCUT2D eigenvalue weighted by molar-refractivity contribution is 5.96. The molecule has 0 aliphatic rings. The number of nitrogens with one attached hydrogen (secondary N) is 1. The highest BCUT2D eigenvalue weighted by atomic mass is 16.6. The van der Waals surface area contributed by atoms with Crippen molar-refractivity contribution in [2.75, 3.05) is 11.9 Å². The van der Waals surface area contributed by atoms with Crippen molar-refractivity contribution >= 4 is 17.3 Å². The van der Waals surface area contributed by atoms with Crippen LogP contribution in [-0.4, -0.2) is 22.5 Å². The van der Waals surface area contributed by atoms with Gasteiger partial charge in [-0.25, -0.2) is 4.79 Å². The SMILES string of the molecule is CCC(CC)CNc1c(C(=O)O)cccc1[N+](=O)[O-]. The second-order valence-corrected chi connectivity index (χ2v) is 4.33. The summed E-state index contributed by atoms with van der Waals surface area (Å²) >= 11 is 0. The first-order valence-electron chi connectivity index (χ1n) is 6.25. The van der Waals surface area contributed by atoms with Gasteiger partial charge in [0.05, 0.1) is 10.5 Å². The third-order valence-corrected chi connectivity index (χ3v) is 3.19. The maximum absolute atomic E-state index is 11.1.